The summed E-state index contributed by atoms with van der Waals surface area (Å²) in [6.45, 7) is 8.31. The molecule has 1 nitrogen and oxygen atoms in total. The van der Waals surface area contributed by atoms with Gasteiger partial charge in [0.15, 0.2) is 0 Å². The minimum atomic E-state index is 0.707. The van der Waals surface area contributed by atoms with Gasteiger partial charge in [-0.25, -0.2) is 0 Å². The number of fused-ring (bicyclic) bond motifs is 1. The highest BCUT2D eigenvalue weighted by atomic mass is 16.5. The Hall–Kier alpha value is -1.24. The molecule has 1 heteroatoms. The first-order chi connectivity index (χ1) is 6.65. The monoisotopic (exact) mass is 188 g/mol. The lowest BCUT2D eigenvalue weighted by molar-refractivity contribution is 0.449. The molecule has 14 heavy (non-hydrogen) atoms. The minimum absolute atomic E-state index is 0.707. The van der Waals surface area contributed by atoms with E-state index in [1.54, 1.807) is 0 Å². The smallest absolute Gasteiger partial charge is 0.130 e. The largest absolute Gasteiger partial charge is 0.462 e. The molecule has 1 aliphatic heterocycles. The normalized spacial score (nSPS) is 14.4. The van der Waals surface area contributed by atoms with E-state index in [1.165, 1.54) is 11.1 Å². The average Bonchev–Trinajstić information content (AvgIpc) is 2.42. The Morgan fingerprint density at radius 3 is 2.93 bits per heavy atom. The maximum atomic E-state index is 5.47. The van der Waals surface area contributed by atoms with Crippen LogP contribution in [0.25, 0.3) is 0 Å². The Bertz CT molecular complexity index is 363. The molecular weight excluding hydrogens is 172 g/mol. The third kappa shape index (κ3) is 1.82. The number of hydrogen-bond donors (Lipinski definition) is 0. The molecule has 1 aromatic carbocycles. The SMILES string of the molecule is C=C1Cc2cc(CC(C)C)ccc2O1. The van der Waals surface area contributed by atoms with Crippen molar-refractivity contribution in [1.29, 1.82) is 0 Å². The molecule has 0 saturated heterocycles. The van der Waals surface area contributed by atoms with Gasteiger partial charge in [-0.1, -0.05) is 32.6 Å². The molecule has 2 rings (SSSR count). The summed E-state index contributed by atoms with van der Waals surface area (Å²) in [6.07, 6.45) is 2.01. The fraction of sp³-hybridized carbons (Fsp3) is 0.385. The van der Waals surface area contributed by atoms with Gasteiger partial charge in [0.25, 0.3) is 0 Å². The lowest BCUT2D eigenvalue weighted by Gasteiger charge is -2.06. The van der Waals surface area contributed by atoms with E-state index in [4.69, 9.17) is 4.74 Å². The average molecular weight is 188 g/mol. The van der Waals surface area contributed by atoms with Gasteiger partial charge in [-0.05, 0) is 24.0 Å². The van der Waals surface area contributed by atoms with Crippen LogP contribution in [0.1, 0.15) is 25.0 Å². The topological polar surface area (TPSA) is 9.23 Å². The summed E-state index contributed by atoms with van der Waals surface area (Å²) in [5.74, 6) is 2.56. The Morgan fingerprint density at radius 2 is 2.21 bits per heavy atom. The van der Waals surface area contributed by atoms with Crippen molar-refractivity contribution in [2.75, 3.05) is 0 Å². The fourth-order valence-corrected chi connectivity index (χ4v) is 1.87. The molecule has 0 radical (unpaired) electrons. The quantitative estimate of drug-likeness (QED) is 0.691. The van der Waals surface area contributed by atoms with Crippen molar-refractivity contribution in [3.63, 3.8) is 0 Å². The van der Waals surface area contributed by atoms with Crippen molar-refractivity contribution in [2.45, 2.75) is 26.7 Å². The molecule has 1 heterocycles. The van der Waals surface area contributed by atoms with Crippen LogP contribution >= 0.6 is 0 Å². The Kier molecular flexibility index (Phi) is 2.32. The predicted octanol–water partition coefficient (Wildman–Crippen LogP) is 3.33. The van der Waals surface area contributed by atoms with Crippen LogP contribution in [0.2, 0.25) is 0 Å². The minimum Gasteiger partial charge on any atom is -0.462 e. The molecule has 0 atom stereocenters. The van der Waals surface area contributed by atoms with E-state index < -0.39 is 0 Å². The molecule has 0 aliphatic carbocycles. The highest BCUT2D eigenvalue weighted by molar-refractivity contribution is 5.43. The van der Waals surface area contributed by atoms with Crippen LogP contribution in [-0.2, 0) is 12.8 Å². The molecule has 1 aliphatic rings. The molecule has 0 N–H and O–H groups in total. The summed E-state index contributed by atoms with van der Waals surface area (Å²) >= 11 is 0. The second-order valence-corrected chi connectivity index (χ2v) is 4.36. The van der Waals surface area contributed by atoms with Crippen LogP contribution in [0, 0.1) is 5.92 Å². The van der Waals surface area contributed by atoms with E-state index >= 15 is 0 Å². The van der Waals surface area contributed by atoms with Gasteiger partial charge in [0.2, 0.25) is 0 Å². The second kappa shape index (κ2) is 3.49. The van der Waals surface area contributed by atoms with Crippen LogP contribution < -0.4 is 4.74 Å². The van der Waals surface area contributed by atoms with Crippen molar-refractivity contribution in [1.82, 2.24) is 0 Å². The predicted molar refractivity (Wildman–Crippen MR) is 58.5 cm³/mol. The summed E-state index contributed by atoms with van der Waals surface area (Å²) in [6, 6.07) is 6.45. The maximum Gasteiger partial charge on any atom is 0.130 e. The molecule has 0 unspecified atom stereocenters. The first kappa shape index (κ1) is 9.32. The molecule has 0 aromatic heterocycles. The van der Waals surface area contributed by atoms with Crippen LogP contribution in [0.15, 0.2) is 30.5 Å². The van der Waals surface area contributed by atoms with Gasteiger partial charge in [-0.3, -0.25) is 0 Å². The molecular formula is C13H16O. The van der Waals surface area contributed by atoms with Crippen molar-refractivity contribution in [3.05, 3.63) is 41.7 Å². The molecule has 0 fully saturated rings. The number of hydrogen-bond acceptors (Lipinski definition) is 1. The van der Waals surface area contributed by atoms with Gasteiger partial charge >= 0.3 is 0 Å². The highest BCUT2D eigenvalue weighted by Gasteiger charge is 2.15. The number of ether oxygens (including phenoxy) is 1. The Balaban J connectivity index is 2.24. The summed E-state index contributed by atoms with van der Waals surface area (Å²) in [5, 5.41) is 0. The lowest BCUT2D eigenvalue weighted by atomic mass is 10.00. The summed E-state index contributed by atoms with van der Waals surface area (Å²) < 4.78 is 5.47. The highest BCUT2D eigenvalue weighted by Crippen LogP contribution is 2.31. The third-order valence-electron chi connectivity index (χ3n) is 2.41. The van der Waals surface area contributed by atoms with Crippen LogP contribution in [-0.4, -0.2) is 0 Å². The molecule has 74 valence electrons. The van der Waals surface area contributed by atoms with E-state index in [1.807, 2.05) is 0 Å². The van der Waals surface area contributed by atoms with E-state index in [0.29, 0.717) is 5.92 Å². The third-order valence-corrected chi connectivity index (χ3v) is 2.41. The van der Waals surface area contributed by atoms with Gasteiger partial charge in [-0.15, -0.1) is 0 Å². The number of benzene rings is 1. The van der Waals surface area contributed by atoms with Crippen LogP contribution in [0.5, 0.6) is 5.75 Å². The lowest BCUT2D eigenvalue weighted by Crippen LogP contribution is -1.94. The van der Waals surface area contributed by atoms with E-state index in [2.05, 4.69) is 38.6 Å². The van der Waals surface area contributed by atoms with Crippen LogP contribution in [0.4, 0.5) is 0 Å². The van der Waals surface area contributed by atoms with E-state index in [0.717, 1.165) is 24.4 Å². The zero-order chi connectivity index (χ0) is 10.1. The van der Waals surface area contributed by atoms with Gasteiger partial charge < -0.3 is 4.74 Å². The second-order valence-electron chi connectivity index (χ2n) is 4.36. The molecule has 0 spiro atoms. The molecule has 0 saturated carbocycles. The zero-order valence-electron chi connectivity index (χ0n) is 8.84. The van der Waals surface area contributed by atoms with Crippen LogP contribution in [0.3, 0.4) is 0 Å². The fourth-order valence-electron chi connectivity index (χ4n) is 1.87. The summed E-state index contributed by atoms with van der Waals surface area (Å²) in [4.78, 5) is 0. The Labute approximate surface area is 85.4 Å². The van der Waals surface area contributed by atoms with E-state index in [9.17, 15) is 0 Å². The van der Waals surface area contributed by atoms with Gasteiger partial charge in [0.1, 0.15) is 11.5 Å². The molecule has 0 bridgehead atoms. The van der Waals surface area contributed by atoms with Crippen molar-refractivity contribution in [3.8, 4) is 5.75 Å². The number of allylic oxidation sites excluding steroid dienone is 1. The number of rotatable bonds is 2. The standard InChI is InChI=1S/C13H16O/c1-9(2)6-11-4-5-13-12(8-11)7-10(3)14-13/h4-5,8-9H,3,6-7H2,1-2H3. The molecule has 1 aromatic rings. The summed E-state index contributed by atoms with van der Waals surface area (Å²) in [5.41, 5.74) is 2.69. The van der Waals surface area contributed by atoms with E-state index in [-0.39, 0.29) is 0 Å². The summed E-state index contributed by atoms with van der Waals surface area (Å²) in [7, 11) is 0. The van der Waals surface area contributed by atoms with Gasteiger partial charge in [0, 0.05) is 12.0 Å². The van der Waals surface area contributed by atoms with Gasteiger partial charge in [-0.2, -0.15) is 0 Å². The van der Waals surface area contributed by atoms with Crippen molar-refractivity contribution in [2.24, 2.45) is 5.92 Å². The first-order valence-corrected chi connectivity index (χ1v) is 5.12. The maximum absolute atomic E-state index is 5.47. The first-order valence-electron chi connectivity index (χ1n) is 5.12. The van der Waals surface area contributed by atoms with Gasteiger partial charge in [0.05, 0.1) is 0 Å². The molecule has 0 amide bonds. The zero-order valence-corrected chi connectivity index (χ0v) is 8.84. The Morgan fingerprint density at radius 1 is 1.43 bits per heavy atom. The van der Waals surface area contributed by atoms with Crippen molar-refractivity contribution < 1.29 is 4.74 Å². The van der Waals surface area contributed by atoms with Crippen molar-refractivity contribution >= 4 is 0 Å².